The fraction of sp³-hybridized carbons (Fsp3) is 0.250. The van der Waals surface area contributed by atoms with E-state index in [1.54, 1.807) is 17.0 Å². The maximum Gasteiger partial charge on any atom is 0.318 e. The molecule has 2 heterocycles. The van der Waals surface area contributed by atoms with E-state index in [-0.39, 0.29) is 17.9 Å². The number of amides is 2. The van der Waals surface area contributed by atoms with Crippen LogP contribution in [0.5, 0.6) is 0 Å². The van der Waals surface area contributed by atoms with Crippen molar-refractivity contribution in [3.63, 3.8) is 0 Å². The summed E-state index contributed by atoms with van der Waals surface area (Å²) in [6, 6.07) is 15.2. The van der Waals surface area contributed by atoms with Gasteiger partial charge in [0.05, 0.1) is 0 Å². The van der Waals surface area contributed by atoms with E-state index in [1.165, 1.54) is 12.1 Å². The van der Waals surface area contributed by atoms with Gasteiger partial charge in [0.1, 0.15) is 11.9 Å². The van der Waals surface area contributed by atoms with Crippen LogP contribution in [0.3, 0.4) is 0 Å². The third kappa shape index (κ3) is 3.81. The molecule has 3 aromatic rings. The van der Waals surface area contributed by atoms with E-state index >= 15 is 0 Å². The third-order valence-corrected chi connectivity index (χ3v) is 4.63. The Hall–Kier alpha value is -3.22. The molecule has 0 unspecified atom stereocenters. The summed E-state index contributed by atoms with van der Waals surface area (Å²) in [5.41, 5.74) is 1.71. The number of nitrogens with zero attached hydrogens (tertiary/aromatic N) is 3. The van der Waals surface area contributed by atoms with E-state index in [0.29, 0.717) is 24.8 Å². The molecule has 2 amide bonds. The van der Waals surface area contributed by atoms with Gasteiger partial charge >= 0.3 is 6.03 Å². The second-order valence-electron chi connectivity index (χ2n) is 6.46. The molecule has 0 spiro atoms. The molecule has 0 radical (unpaired) electrons. The molecule has 4 rings (SSSR count). The first-order chi connectivity index (χ1) is 13.2. The summed E-state index contributed by atoms with van der Waals surface area (Å²) < 4.78 is 18.4. The summed E-state index contributed by atoms with van der Waals surface area (Å²) in [6.07, 6.45) is 1.65. The molecule has 1 aliphatic rings. The third-order valence-electron chi connectivity index (χ3n) is 4.63. The Bertz CT molecular complexity index is 911. The standard InChI is InChI=1S/C20H19FN4O2/c21-16-10-8-14(9-11-16)13-22-20(26)25-12-4-7-17(25)19-23-18(24-27-19)15-5-2-1-3-6-15/h1-3,5-6,8-11,17H,4,7,12-13H2,(H,22,26)/t17-/m1/s1. The minimum Gasteiger partial charge on any atom is -0.337 e. The molecular formula is C20H19FN4O2. The quantitative estimate of drug-likeness (QED) is 0.760. The summed E-state index contributed by atoms with van der Waals surface area (Å²) in [7, 11) is 0. The highest BCUT2D eigenvalue weighted by atomic mass is 19.1. The van der Waals surface area contributed by atoms with Gasteiger partial charge in [0, 0.05) is 18.7 Å². The van der Waals surface area contributed by atoms with E-state index in [1.807, 2.05) is 30.3 Å². The van der Waals surface area contributed by atoms with Gasteiger partial charge in [-0.1, -0.05) is 47.6 Å². The van der Waals surface area contributed by atoms with E-state index in [2.05, 4.69) is 15.5 Å². The van der Waals surface area contributed by atoms with Gasteiger partial charge in [0.2, 0.25) is 11.7 Å². The SMILES string of the molecule is O=C(NCc1ccc(F)cc1)N1CCC[C@@H]1c1nc(-c2ccccc2)no1. The molecule has 1 saturated heterocycles. The molecule has 1 atom stereocenters. The summed E-state index contributed by atoms with van der Waals surface area (Å²) in [5, 5.41) is 6.92. The summed E-state index contributed by atoms with van der Waals surface area (Å²) in [5.74, 6) is 0.669. The van der Waals surface area contributed by atoms with Crippen molar-refractivity contribution in [3.8, 4) is 11.4 Å². The number of benzene rings is 2. The fourth-order valence-electron chi connectivity index (χ4n) is 3.22. The maximum absolute atomic E-state index is 13.0. The molecule has 2 aromatic carbocycles. The lowest BCUT2D eigenvalue weighted by molar-refractivity contribution is 0.180. The summed E-state index contributed by atoms with van der Waals surface area (Å²) >= 11 is 0. The lowest BCUT2D eigenvalue weighted by Crippen LogP contribution is -2.39. The Morgan fingerprint density at radius 3 is 2.74 bits per heavy atom. The van der Waals surface area contributed by atoms with Crippen LogP contribution in [-0.2, 0) is 6.54 Å². The Morgan fingerprint density at radius 2 is 1.96 bits per heavy atom. The molecular weight excluding hydrogens is 347 g/mol. The van der Waals surface area contributed by atoms with Gasteiger partial charge in [0.25, 0.3) is 0 Å². The van der Waals surface area contributed by atoms with E-state index in [4.69, 9.17) is 4.52 Å². The monoisotopic (exact) mass is 366 g/mol. The molecule has 0 aliphatic carbocycles. The maximum atomic E-state index is 13.0. The van der Waals surface area contributed by atoms with Crippen molar-refractivity contribution < 1.29 is 13.7 Å². The van der Waals surface area contributed by atoms with Gasteiger partial charge in [-0.3, -0.25) is 0 Å². The lowest BCUT2D eigenvalue weighted by Gasteiger charge is -2.22. The predicted octanol–water partition coefficient (Wildman–Crippen LogP) is 3.92. The number of carbonyl (C=O) groups excluding carboxylic acids is 1. The van der Waals surface area contributed by atoms with Gasteiger partial charge in [0.15, 0.2) is 0 Å². The van der Waals surface area contributed by atoms with Crippen LogP contribution in [0.1, 0.15) is 30.3 Å². The Kier molecular flexibility index (Phi) is 4.82. The second kappa shape index (κ2) is 7.57. The number of likely N-dealkylation sites (tertiary alicyclic amines) is 1. The molecule has 6 nitrogen and oxygen atoms in total. The number of halogens is 1. The van der Waals surface area contributed by atoms with Crippen molar-refractivity contribution in [3.05, 3.63) is 71.9 Å². The highest BCUT2D eigenvalue weighted by Gasteiger charge is 2.34. The average molecular weight is 366 g/mol. The number of carbonyl (C=O) groups is 1. The lowest BCUT2D eigenvalue weighted by atomic mass is 10.2. The normalized spacial score (nSPS) is 16.5. The van der Waals surface area contributed by atoms with Crippen molar-refractivity contribution in [1.82, 2.24) is 20.4 Å². The molecule has 138 valence electrons. The molecule has 1 N–H and O–H groups in total. The minimum atomic E-state index is -0.296. The highest BCUT2D eigenvalue weighted by molar-refractivity contribution is 5.75. The van der Waals surface area contributed by atoms with Crippen LogP contribution in [0.4, 0.5) is 9.18 Å². The molecule has 27 heavy (non-hydrogen) atoms. The van der Waals surface area contributed by atoms with Crippen LogP contribution in [0.2, 0.25) is 0 Å². The van der Waals surface area contributed by atoms with E-state index in [0.717, 1.165) is 24.0 Å². The van der Waals surface area contributed by atoms with Crippen LogP contribution < -0.4 is 5.32 Å². The smallest absolute Gasteiger partial charge is 0.318 e. The molecule has 1 fully saturated rings. The largest absolute Gasteiger partial charge is 0.337 e. The van der Waals surface area contributed by atoms with Gasteiger partial charge in [-0.05, 0) is 30.5 Å². The molecule has 1 aliphatic heterocycles. The van der Waals surface area contributed by atoms with Gasteiger partial charge in [-0.25, -0.2) is 9.18 Å². The van der Waals surface area contributed by atoms with Crippen molar-refractivity contribution in [2.75, 3.05) is 6.54 Å². The molecule has 0 bridgehead atoms. The Balaban J connectivity index is 1.43. The highest BCUT2D eigenvalue weighted by Crippen LogP contribution is 2.32. The Labute approximate surface area is 156 Å². The zero-order valence-electron chi connectivity index (χ0n) is 14.6. The van der Waals surface area contributed by atoms with E-state index in [9.17, 15) is 9.18 Å². The molecule has 0 saturated carbocycles. The number of urea groups is 1. The Morgan fingerprint density at radius 1 is 1.19 bits per heavy atom. The number of hydrogen-bond acceptors (Lipinski definition) is 4. The van der Waals surface area contributed by atoms with Crippen LogP contribution in [0.25, 0.3) is 11.4 Å². The predicted molar refractivity (Wildman–Crippen MR) is 97.1 cm³/mol. The van der Waals surface area contributed by atoms with Crippen molar-refractivity contribution >= 4 is 6.03 Å². The topological polar surface area (TPSA) is 71.3 Å². The molecule has 7 heteroatoms. The van der Waals surface area contributed by atoms with Crippen molar-refractivity contribution in [2.45, 2.75) is 25.4 Å². The minimum absolute atomic E-state index is 0.193. The number of hydrogen-bond donors (Lipinski definition) is 1. The van der Waals surface area contributed by atoms with Crippen LogP contribution in [-0.4, -0.2) is 27.6 Å². The average Bonchev–Trinajstić information content (AvgIpc) is 3.37. The first kappa shape index (κ1) is 17.2. The fourth-order valence-corrected chi connectivity index (χ4v) is 3.22. The van der Waals surface area contributed by atoms with Crippen molar-refractivity contribution in [1.29, 1.82) is 0 Å². The van der Waals surface area contributed by atoms with Crippen LogP contribution in [0.15, 0.2) is 59.1 Å². The van der Waals surface area contributed by atoms with Crippen LogP contribution >= 0.6 is 0 Å². The number of rotatable bonds is 4. The van der Waals surface area contributed by atoms with Gasteiger partial charge in [-0.2, -0.15) is 4.98 Å². The molecule has 1 aromatic heterocycles. The zero-order chi connectivity index (χ0) is 18.6. The number of aromatic nitrogens is 2. The van der Waals surface area contributed by atoms with E-state index < -0.39 is 0 Å². The van der Waals surface area contributed by atoms with Crippen LogP contribution in [0, 0.1) is 5.82 Å². The summed E-state index contributed by atoms with van der Waals surface area (Å²) in [4.78, 5) is 18.8. The van der Waals surface area contributed by atoms with Gasteiger partial charge < -0.3 is 14.7 Å². The first-order valence-corrected chi connectivity index (χ1v) is 8.88. The zero-order valence-corrected chi connectivity index (χ0v) is 14.6. The summed E-state index contributed by atoms with van der Waals surface area (Å²) in [6.45, 7) is 0.963. The first-order valence-electron chi connectivity index (χ1n) is 8.88. The number of nitrogens with one attached hydrogen (secondary N) is 1. The van der Waals surface area contributed by atoms with Gasteiger partial charge in [-0.15, -0.1) is 0 Å². The second-order valence-corrected chi connectivity index (χ2v) is 6.46. The van der Waals surface area contributed by atoms with Crippen molar-refractivity contribution in [2.24, 2.45) is 0 Å².